The van der Waals surface area contributed by atoms with Crippen molar-refractivity contribution in [2.75, 3.05) is 12.3 Å². The van der Waals surface area contributed by atoms with Crippen molar-refractivity contribution < 1.29 is 51.0 Å². The third-order valence-electron chi connectivity index (χ3n) is 7.92. The number of aryl methyl sites for hydroxylation is 3. The van der Waals surface area contributed by atoms with E-state index in [1.807, 2.05) is 36.3 Å². The molecule has 1 saturated heterocycles. The van der Waals surface area contributed by atoms with Crippen molar-refractivity contribution in [2.24, 2.45) is 17.9 Å². The van der Waals surface area contributed by atoms with E-state index in [9.17, 15) is 27.9 Å². The van der Waals surface area contributed by atoms with Gasteiger partial charge in [-0.05, 0) is 62.9 Å². The predicted octanol–water partition coefficient (Wildman–Crippen LogP) is -0.225. The molecule has 0 bridgehead atoms. The van der Waals surface area contributed by atoms with Crippen LogP contribution in [-0.4, -0.2) is 86.6 Å². The average Bonchev–Trinajstić information content (AvgIpc) is 3.63. The summed E-state index contributed by atoms with van der Waals surface area (Å²) < 4.78 is 45.7. The smallest absolute Gasteiger partial charge is 0.418 e. The third-order valence-corrected chi connectivity index (χ3v) is 8.93. The molecule has 2 amide bonds. The Balaban J connectivity index is 1.32. The van der Waals surface area contributed by atoms with Crippen LogP contribution in [0.25, 0.3) is 11.1 Å². The Labute approximate surface area is 278 Å². The summed E-state index contributed by atoms with van der Waals surface area (Å²) in [6.45, 7) is 4.11. The number of carbonyl (C=O) groups excluding carboxylic acids is 2. The maximum Gasteiger partial charge on any atom is 0.418 e. The monoisotopic (exact) mass is 707 g/mol. The van der Waals surface area contributed by atoms with E-state index in [0.717, 1.165) is 41.0 Å². The summed E-state index contributed by atoms with van der Waals surface area (Å²) in [4.78, 5) is 47.7. The third kappa shape index (κ3) is 7.26. The van der Waals surface area contributed by atoms with Crippen LogP contribution in [0.5, 0.6) is 5.75 Å². The summed E-state index contributed by atoms with van der Waals surface area (Å²) in [5.41, 5.74) is 12.2. The van der Waals surface area contributed by atoms with E-state index < -0.39 is 57.7 Å². The number of benzene rings is 1. The molecule has 0 saturated carbocycles. The van der Waals surface area contributed by atoms with Gasteiger partial charge in [0, 0.05) is 5.38 Å². The number of carboxylic acid groups (broad SMARTS) is 1. The molecule has 4 heterocycles. The van der Waals surface area contributed by atoms with E-state index in [4.69, 9.17) is 25.6 Å². The second kappa shape index (κ2) is 13.5. The number of hydrogen-bond donors (Lipinski definition) is 5. The zero-order chi connectivity index (χ0) is 35.0. The van der Waals surface area contributed by atoms with Crippen molar-refractivity contribution in [1.82, 2.24) is 20.0 Å². The highest BCUT2D eigenvalue weighted by Crippen LogP contribution is 2.34. The second-order valence-electron chi connectivity index (χ2n) is 11.7. The summed E-state index contributed by atoms with van der Waals surface area (Å²) >= 11 is 0.974. The number of nitrogens with one attached hydrogen (secondary N) is 1. The standard InChI is InChI=1S/C28H34N8O10S2/c1-28(2)23(25(38)36(28)46-48(41,42)43)32-24(37)21(18-14-47-27(30)31-18)33-45-22(26(39)40)20-8-6-16-11-15(5-7-19(16)44-20)17-12-34(3)35(13-17)10-4-9-29/h5,7,11-14,20,22-23H,4,6,8-10,29H2,1-3H3,(H4-,30,31,32,37,39,40,41,42,43)/p+1/b33-21-/t20-,22-,23+/m0/s1. The maximum absolute atomic E-state index is 13.4. The van der Waals surface area contributed by atoms with E-state index in [0.29, 0.717) is 23.8 Å². The molecule has 5 rings (SSSR count). The van der Waals surface area contributed by atoms with Gasteiger partial charge < -0.3 is 31.5 Å². The van der Waals surface area contributed by atoms with E-state index in [2.05, 4.69) is 24.4 Å². The van der Waals surface area contributed by atoms with Gasteiger partial charge in [-0.15, -0.1) is 20.3 Å². The Hall–Kier alpha value is -4.63. The summed E-state index contributed by atoms with van der Waals surface area (Å²) in [5, 5.41) is 18.1. The Bertz CT molecular complexity index is 1870. The van der Waals surface area contributed by atoms with Crippen LogP contribution in [-0.2, 0) is 53.9 Å². The first-order valence-electron chi connectivity index (χ1n) is 14.6. The second-order valence-corrected chi connectivity index (χ2v) is 13.6. The number of hydroxylamine groups is 2. The summed E-state index contributed by atoms with van der Waals surface area (Å²) in [5.74, 6) is -2.91. The van der Waals surface area contributed by atoms with Crippen LogP contribution in [0.2, 0.25) is 0 Å². The van der Waals surface area contributed by atoms with Crippen molar-refractivity contribution in [3.8, 4) is 16.9 Å². The van der Waals surface area contributed by atoms with Crippen molar-refractivity contribution >= 4 is 50.4 Å². The molecule has 2 aliphatic heterocycles. The number of nitrogen functional groups attached to an aromatic ring is 1. The molecule has 258 valence electrons. The molecule has 3 aromatic rings. The predicted molar refractivity (Wildman–Crippen MR) is 169 cm³/mol. The average molecular weight is 708 g/mol. The lowest BCUT2D eigenvalue weighted by molar-refractivity contribution is -0.753. The molecule has 2 aliphatic rings. The molecule has 0 spiro atoms. The molecular formula is C28H35N8O10S2+. The molecule has 3 atom stereocenters. The van der Waals surface area contributed by atoms with Gasteiger partial charge in [0.15, 0.2) is 17.9 Å². The van der Waals surface area contributed by atoms with Crippen LogP contribution in [0.15, 0.2) is 41.1 Å². The first-order valence-corrected chi connectivity index (χ1v) is 16.9. The lowest BCUT2D eigenvalue weighted by Gasteiger charge is -2.50. The number of amides is 2. The summed E-state index contributed by atoms with van der Waals surface area (Å²) in [7, 11) is -3.07. The molecule has 0 radical (unpaired) electrons. The molecule has 20 heteroatoms. The first-order chi connectivity index (χ1) is 22.6. The number of rotatable bonds is 13. The number of carbonyl (C=O) groups is 3. The molecular weight excluding hydrogens is 672 g/mol. The van der Waals surface area contributed by atoms with Gasteiger partial charge in [-0.25, -0.2) is 9.78 Å². The Morgan fingerprint density at radius 1 is 1.33 bits per heavy atom. The number of hydrogen-bond acceptors (Lipinski definition) is 13. The normalized spacial score (nSPS) is 19.6. The van der Waals surface area contributed by atoms with Crippen LogP contribution >= 0.6 is 11.3 Å². The SMILES string of the molecule is C[n+]1cc(-c2ccc3c(c2)CC[C@@H]([C@H](O/N=C(\C(=O)N[C@@H]2C(=O)N(OS(=O)(=O)O)C2(C)C)c2csc(N)n2)C(=O)O)O3)cn1CCCN. The van der Waals surface area contributed by atoms with Crippen molar-refractivity contribution in [2.45, 2.75) is 63.4 Å². The van der Waals surface area contributed by atoms with Gasteiger partial charge in [-0.2, -0.15) is 18.2 Å². The molecule has 48 heavy (non-hydrogen) atoms. The van der Waals surface area contributed by atoms with Gasteiger partial charge in [0.1, 0.15) is 23.6 Å². The van der Waals surface area contributed by atoms with Gasteiger partial charge in [0.2, 0.25) is 6.20 Å². The summed E-state index contributed by atoms with van der Waals surface area (Å²) in [6.07, 6.45) is 2.98. The minimum absolute atomic E-state index is 0.0672. The highest BCUT2D eigenvalue weighted by Gasteiger charge is 2.58. The maximum atomic E-state index is 13.4. The highest BCUT2D eigenvalue weighted by atomic mass is 32.3. The number of carboxylic acids is 1. The van der Waals surface area contributed by atoms with Gasteiger partial charge in [-0.3, -0.25) is 14.1 Å². The first kappa shape index (κ1) is 34.7. The Morgan fingerprint density at radius 2 is 2.08 bits per heavy atom. The largest absolute Gasteiger partial charge is 0.485 e. The van der Waals surface area contributed by atoms with Gasteiger partial charge >= 0.3 is 16.4 Å². The Morgan fingerprint density at radius 3 is 2.71 bits per heavy atom. The fourth-order valence-corrected chi connectivity index (χ4v) is 6.39. The highest BCUT2D eigenvalue weighted by molar-refractivity contribution is 7.80. The van der Waals surface area contributed by atoms with Crippen LogP contribution in [0, 0.1) is 0 Å². The lowest BCUT2D eigenvalue weighted by atomic mass is 9.84. The van der Waals surface area contributed by atoms with Crippen LogP contribution in [0.4, 0.5) is 5.13 Å². The summed E-state index contributed by atoms with van der Waals surface area (Å²) in [6, 6.07) is 4.31. The lowest BCUT2D eigenvalue weighted by Crippen LogP contribution is -2.76. The number of fused-ring (bicyclic) bond motifs is 1. The van der Waals surface area contributed by atoms with Crippen molar-refractivity contribution in [1.29, 1.82) is 0 Å². The molecule has 1 fully saturated rings. The number of ether oxygens (including phenoxy) is 1. The number of nitrogens with two attached hydrogens (primary N) is 2. The molecule has 0 unspecified atom stereocenters. The molecule has 18 nitrogen and oxygen atoms in total. The minimum Gasteiger partial charge on any atom is -0.485 e. The van der Waals surface area contributed by atoms with Gasteiger partial charge in [0.25, 0.3) is 17.9 Å². The number of oxime groups is 1. The van der Waals surface area contributed by atoms with Gasteiger partial charge in [-0.1, -0.05) is 11.2 Å². The van der Waals surface area contributed by atoms with Crippen LogP contribution < -0.4 is 26.2 Å². The van der Waals surface area contributed by atoms with Gasteiger partial charge in [0.05, 0.1) is 23.8 Å². The van der Waals surface area contributed by atoms with Crippen molar-refractivity contribution in [3.63, 3.8) is 0 Å². The fraction of sp³-hybridized carbons (Fsp3) is 0.429. The minimum atomic E-state index is -5.02. The van der Waals surface area contributed by atoms with E-state index in [-0.39, 0.29) is 17.2 Å². The van der Waals surface area contributed by atoms with E-state index >= 15 is 0 Å². The van der Waals surface area contributed by atoms with E-state index in [1.165, 1.54) is 19.2 Å². The topological polar surface area (TPSA) is 255 Å². The number of anilines is 1. The quantitative estimate of drug-likeness (QED) is 0.0507. The molecule has 1 aromatic carbocycles. The van der Waals surface area contributed by atoms with E-state index in [1.54, 1.807) is 6.07 Å². The number of β-lactam (4-membered cyclic amide) rings is 1. The van der Waals surface area contributed by atoms with Crippen LogP contribution in [0.3, 0.4) is 0 Å². The number of aromatic nitrogens is 3. The van der Waals surface area contributed by atoms with Crippen LogP contribution in [0.1, 0.15) is 37.9 Å². The zero-order valence-electron chi connectivity index (χ0n) is 26.1. The Kier molecular flexibility index (Phi) is 9.74. The number of thiazole rings is 1. The zero-order valence-corrected chi connectivity index (χ0v) is 27.7. The number of aliphatic carboxylic acids is 1. The fourth-order valence-electron chi connectivity index (χ4n) is 5.39. The molecule has 7 N–H and O–H groups in total. The van der Waals surface area contributed by atoms with Crippen molar-refractivity contribution in [3.05, 3.63) is 47.2 Å². The number of nitrogens with zero attached hydrogens (tertiary/aromatic N) is 5. The molecule has 2 aromatic heterocycles. The molecule has 0 aliphatic carbocycles.